The fourth-order valence-electron chi connectivity index (χ4n) is 3.00. The molecule has 28 heavy (non-hydrogen) atoms. The van der Waals surface area contributed by atoms with Gasteiger partial charge < -0.3 is 19.6 Å². The number of quaternary nitrogens is 1. The fraction of sp³-hybridized carbons (Fsp3) is 0.476. The van der Waals surface area contributed by atoms with E-state index in [4.69, 9.17) is 4.52 Å². The molecule has 152 valence electrons. The van der Waals surface area contributed by atoms with Crippen LogP contribution in [0.15, 0.2) is 34.9 Å². The number of hydrogen-bond donors (Lipinski definition) is 2. The standard InChI is InChI=1S/C21H30N4O3/c1-5-17-8-10-18(11-9-17)21(27)25(13-12-24(6-2)7-3)15-20(26)22-19-14-16(4)28-23-19/h8-11,14H,5-7,12-13,15H2,1-4H3,(H,22,23,26)/p+1. The maximum absolute atomic E-state index is 13.0. The third kappa shape index (κ3) is 6.20. The number of anilines is 1. The number of aryl methyl sites for hydroxylation is 2. The van der Waals surface area contributed by atoms with Crippen molar-refractivity contribution in [3.05, 3.63) is 47.2 Å². The minimum absolute atomic E-state index is 0.0268. The predicted octanol–water partition coefficient (Wildman–Crippen LogP) is 1.55. The quantitative estimate of drug-likeness (QED) is 0.648. The summed E-state index contributed by atoms with van der Waals surface area (Å²) in [6, 6.07) is 9.22. The molecule has 0 aliphatic carbocycles. The summed E-state index contributed by atoms with van der Waals surface area (Å²) in [4.78, 5) is 28.5. The minimum atomic E-state index is -0.290. The second-order valence-corrected chi connectivity index (χ2v) is 6.86. The van der Waals surface area contributed by atoms with Crippen LogP contribution in [0.25, 0.3) is 0 Å². The van der Waals surface area contributed by atoms with Crippen molar-refractivity contribution in [2.45, 2.75) is 34.1 Å². The number of likely N-dealkylation sites (N-methyl/N-ethyl adjacent to an activating group) is 1. The van der Waals surface area contributed by atoms with E-state index in [1.165, 1.54) is 10.5 Å². The molecule has 2 N–H and O–H groups in total. The zero-order chi connectivity index (χ0) is 20.5. The number of amides is 2. The van der Waals surface area contributed by atoms with Gasteiger partial charge in [0, 0.05) is 11.6 Å². The van der Waals surface area contributed by atoms with Crippen LogP contribution in [0.4, 0.5) is 5.82 Å². The molecule has 1 heterocycles. The largest absolute Gasteiger partial charge is 0.360 e. The third-order valence-corrected chi connectivity index (χ3v) is 4.86. The average molecular weight is 388 g/mol. The van der Waals surface area contributed by atoms with Crippen molar-refractivity contribution in [1.82, 2.24) is 10.1 Å². The Balaban J connectivity index is 2.10. The van der Waals surface area contributed by atoms with E-state index in [9.17, 15) is 9.59 Å². The normalized spacial score (nSPS) is 10.9. The minimum Gasteiger partial charge on any atom is -0.360 e. The number of carbonyl (C=O) groups is 2. The Bertz CT molecular complexity index is 766. The molecule has 0 fully saturated rings. The van der Waals surface area contributed by atoms with Gasteiger partial charge in [-0.1, -0.05) is 24.2 Å². The van der Waals surface area contributed by atoms with Crippen molar-refractivity contribution in [1.29, 1.82) is 0 Å². The van der Waals surface area contributed by atoms with E-state index in [-0.39, 0.29) is 18.4 Å². The summed E-state index contributed by atoms with van der Waals surface area (Å²) in [6.07, 6.45) is 0.920. The fourth-order valence-corrected chi connectivity index (χ4v) is 3.00. The topological polar surface area (TPSA) is 79.9 Å². The maximum atomic E-state index is 13.0. The SMILES string of the molecule is CCc1ccc(C(=O)N(CC[NH+](CC)CC)CC(=O)Nc2cc(C)on2)cc1. The Labute approximate surface area is 166 Å². The van der Waals surface area contributed by atoms with Gasteiger partial charge in [-0.15, -0.1) is 0 Å². The predicted molar refractivity (Wildman–Crippen MR) is 109 cm³/mol. The van der Waals surface area contributed by atoms with Gasteiger partial charge in [0.1, 0.15) is 12.3 Å². The van der Waals surface area contributed by atoms with Crippen LogP contribution >= 0.6 is 0 Å². The Morgan fingerprint density at radius 1 is 1.14 bits per heavy atom. The van der Waals surface area contributed by atoms with Crippen molar-refractivity contribution >= 4 is 17.6 Å². The number of carbonyl (C=O) groups excluding carboxylic acids is 2. The van der Waals surface area contributed by atoms with Crippen LogP contribution in [0.2, 0.25) is 0 Å². The van der Waals surface area contributed by atoms with Gasteiger partial charge >= 0.3 is 0 Å². The van der Waals surface area contributed by atoms with E-state index >= 15 is 0 Å². The van der Waals surface area contributed by atoms with E-state index in [0.717, 1.165) is 26.1 Å². The second kappa shape index (κ2) is 10.6. The summed E-state index contributed by atoms with van der Waals surface area (Å²) < 4.78 is 4.97. The Morgan fingerprint density at radius 3 is 2.36 bits per heavy atom. The number of rotatable bonds is 10. The maximum Gasteiger partial charge on any atom is 0.254 e. The monoisotopic (exact) mass is 387 g/mol. The molecule has 7 heteroatoms. The highest BCUT2D eigenvalue weighted by molar-refractivity contribution is 5.99. The molecule has 0 atom stereocenters. The number of benzene rings is 1. The Morgan fingerprint density at radius 2 is 1.82 bits per heavy atom. The van der Waals surface area contributed by atoms with Gasteiger partial charge in [-0.05, 0) is 44.9 Å². The van der Waals surface area contributed by atoms with Crippen molar-refractivity contribution in [2.24, 2.45) is 0 Å². The molecule has 0 aliphatic rings. The molecular weight excluding hydrogens is 356 g/mol. The van der Waals surface area contributed by atoms with Crippen molar-refractivity contribution < 1.29 is 19.0 Å². The molecule has 0 bridgehead atoms. The molecule has 2 aromatic rings. The van der Waals surface area contributed by atoms with E-state index in [2.05, 4.69) is 31.2 Å². The molecule has 1 aromatic carbocycles. The smallest absolute Gasteiger partial charge is 0.254 e. The van der Waals surface area contributed by atoms with Crippen LogP contribution in [-0.2, 0) is 11.2 Å². The lowest BCUT2D eigenvalue weighted by atomic mass is 10.1. The molecule has 0 aliphatic heterocycles. The molecule has 7 nitrogen and oxygen atoms in total. The van der Waals surface area contributed by atoms with Gasteiger partial charge in [0.25, 0.3) is 5.91 Å². The van der Waals surface area contributed by atoms with Gasteiger partial charge in [0.15, 0.2) is 5.82 Å². The van der Waals surface area contributed by atoms with Gasteiger partial charge in [-0.25, -0.2) is 0 Å². The van der Waals surface area contributed by atoms with E-state index < -0.39 is 0 Å². The molecule has 0 radical (unpaired) electrons. The lowest BCUT2D eigenvalue weighted by molar-refractivity contribution is -0.895. The van der Waals surface area contributed by atoms with E-state index in [1.807, 2.05) is 24.3 Å². The highest BCUT2D eigenvalue weighted by Gasteiger charge is 2.21. The number of nitrogens with one attached hydrogen (secondary N) is 2. The summed E-state index contributed by atoms with van der Waals surface area (Å²) in [5.74, 6) is 0.544. The molecule has 2 amide bonds. The van der Waals surface area contributed by atoms with Crippen LogP contribution in [-0.4, -0.2) is 54.6 Å². The lowest BCUT2D eigenvalue weighted by Gasteiger charge is -2.24. The van der Waals surface area contributed by atoms with Crippen molar-refractivity contribution in [3.63, 3.8) is 0 Å². The van der Waals surface area contributed by atoms with Crippen LogP contribution < -0.4 is 10.2 Å². The van der Waals surface area contributed by atoms with Gasteiger partial charge in [0.05, 0.1) is 26.2 Å². The first-order valence-electron chi connectivity index (χ1n) is 9.91. The summed E-state index contributed by atoms with van der Waals surface area (Å²) in [5, 5.41) is 6.46. The molecule has 0 spiro atoms. The molecule has 0 saturated heterocycles. The van der Waals surface area contributed by atoms with Crippen LogP contribution in [0.3, 0.4) is 0 Å². The lowest BCUT2D eigenvalue weighted by Crippen LogP contribution is -3.12. The van der Waals surface area contributed by atoms with Crippen LogP contribution in [0.5, 0.6) is 0 Å². The van der Waals surface area contributed by atoms with Gasteiger partial charge in [0.2, 0.25) is 5.91 Å². The first kappa shape index (κ1) is 21.6. The summed E-state index contributed by atoms with van der Waals surface area (Å²) in [5.41, 5.74) is 1.77. The third-order valence-electron chi connectivity index (χ3n) is 4.86. The van der Waals surface area contributed by atoms with Crippen LogP contribution in [0, 0.1) is 6.92 Å². The number of aromatic nitrogens is 1. The highest BCUT2D eigenvalue weighted by Crippen LogP contribution is 2.10. The molecule has 1 aromatic heterocycles. The molecule has 0 unspecified atom stereocenters. The van der Waals surface area contributed by atoms with Crippen LogP contribution in [0.1, 0.15) is 42.5 Å². The Hall–Kier alpha value is -2.67. The zero-order valence-electron chi connectivity index (χ0n) is 17.2. The Kier molecular flexibility index (Phi) is 8.19. The zero-order valence-corrected chi connectivity index (χ0v) is 17.2. The van der Waals surface area contributed by atoms with E-state index in [1.54, 1.807) is 17.9 Å². The summed E-state index contributed by atoms with van der Waals surface area (Å²) in [6.45, 7) is 11.3. The number of hydrogen-bond acceptors (Lipinski definition) is 4. The molecule has 0 saturated carbocycles. The van der Waals surface area contributed by atoms with Gasteiger partial charge in [-0.3, -0.25) is 9.59 Å². The molecule has 2 rings (SSSR count). The summed E-state index contributed by atoms with van der Waals surface area (Å²) in [7, 11) is 0. The summed E-state index contributed by atoms with van der Waals surface area (Å²) >= 11 is 0. The number of nitrogens with zero attached hydrogens (tertiary/aromatic N) is 2. The van der Waals surface area contributed by atoms with Crippen molar-refractivity contribution in [2.75, 3.05) is 38.0 Å². The second-order valence-electron chi connectivity index (χ2n) is 6.86. The molecular formula is C21H31N4O3+. The highest BCUT2D eigenvalue weighted by atomic mass is 16.5. The average Bonchev–Trinajstić information content (AvgIpc) is 3.11. The van der Waals surface area contributed by atoms with Crippen molar-refractivity contribution in [3.8, 4) is 0 Å². The first-order valence-corrected chi connectivity index (χ1v) is 9.91. The first-order chi connectivity index (χ1) is 13.5. The van der Waals surface area contributed by atoms with E-state index in [0.29, 0.717) is 23.7 Å². The van der Waals surface area contributed by atoms with Gasteiger partial charge in [-0.2, -0.15) is 0 Å².